The maximum absolute atomic E-state index is 12.2. The molecule has 2 rings (SSSR count). The molecule has 0 saturated carbocycles. The topological polar surface area (TPSA) is 54.0 Å². The van der Waals surface area contributed by atoms with Gasteiger partial charge in [-0.25, -0.2) is 4.98 Å². The van der Waals surface area contributed by atoms with Crippen LogP contribution in [0.2, 0.25) is 0 Å². The average Bonchev–Trinajstić information content (AvgIpc) is 2.88. The zero-order valence-electron chi connectivity index (χ0n) is 10.5. The van der Waals surface area contributed by atoms with E-state index in [-0.39, 0.29) is 11.9 Å². The SMILES string of the molecule is Cc1csc(C(C)NC(=O)C2(C)CCCN2)n1. The monoisotopic (exact) mass is 253 g/mol. The van der Waals surface area contributed by atoms with Gasteiger partial charge >= 0.3 is 0 Å². The van der Waals surface area contributed by atoms with Crippen molar-refractivity contribution in [3.05, 3.63) is 16.1 Å². The van der Waals surface area contributed by atoms with Gasteiger partial charge in [-0.2, -0.15) is 0 Å². The van der Waals surface area contributed by atoms with Crippen molar-refractivity contribution in [3.63, 3.8) is 0 Å². The largest absolute Gasteiger partial charge is 0.346 e. The number of aryl methyl sites for hydroxylation is 1. The lowest BCUT2D eigenvalue weighted by molar-refractivity contribution is -0.127. The lowest BCUT2D eigenvalue weighted by Gasteiger charge is -2.25. The number of nitrogens with one attached hydrogen (secondary N) is 2. The van der Waals surface area contributed by atoms with Gasteiger partial charge < -0.3 is 10.6 Å². The molecule has 2 N–H and O–H groups in total. The average molecular weight is 253 g/mol. The van der Waals surface area contributed by atoms with Crippen molar-refractivity contribution in [3.8, 4) is 0 Å². The lowest BCUT2D eigenvalue weighted by atomic mass is 9.99. The molecule has 0 bridgehead atoms. The van der Waals surface area contributed by atoms with Gasteiger partial charge in [0, 0.05) is 11.1 Å². The van der Waals surface area contributed by atoms with Crippen molar-refractivity contribution in [2.75, 3.05) is 6.54 Å². The summed E-state index contributed by atoms with van der Waals surface area (Å²) in [5.41, 5.74) is 0.608. The second-order valence-corrected chi connectivity index (χ2v) is 5.77. The number of carbonyl (C=O) groups is 1. The zero-order chi connectivity index (χ0) is 12.5. The summed E-state index contributed by atoms with van der Waals surface area (Å²) in [5.74, 6) is 0.0790. The first-order valence-electron chi connectivity index (χ1n) is 5.99. The number of rotatable bonds is 3. The molecule has 2 heterocycles. The number of nitrogens with zero attached hydrogens (tertiary/aromatic N) is 1. The number of amides is 1. The Kier molecular flexibility index (Phi) is 3.49. The van der Waals surface area contributed by atoms with Gasteiger partial charge in [-0.15, -0.1) is 11.3 Å². The summed E-state index contributed by atoms with van der Waals surface area (Å²) in [5, 5.41) is 9.28. The van der Waals surface area contributed by atoms with Gasteiger partial charge in [0.25, 0.3) is 0 Å². The first-order chi connectivity index (χ1) is 8.01. The third-order valence-corrected chi connectivity index (χ3v) is 4.37. The van der Waals surface area contributed by atoms with Crippen LogP contribution in [0, 0.1) is 6.92 Å². The van der Waals surface area contributed by atoms with Gasteiger partial charge in [0.05, 0.1) is 11.6 Å². The molecule has 0 spiro atoms. The zero-order valence-corrected chi connectivity index (χ0v) is 11.4. The van der Waals surface area contributed by atoms with Crippen LogP contribution in [0.1, 0.15) is 43.4 Å². The molecule has 0 aromatic carbocycles. The smallest absolute Gasteiger partial charge is 0.240 e. The van der Waals surface area contributed by atoms with E-state index in [9.17, 15) is 4.79 Å². The van der Waals surface area contributed by atoms with Gasteiger partial charge in [0.15, 0.2) is 0 Å². The summed E-state index contributed by atoms with van der Waals surface area (Å²) < 4.78 is 0. The van der Waals surface area contributed by atoms with E-state index in [1.165, 1.54) is 0 Å². The van der Waals surface area contributed by atoms with Crippen LogP contribution in [-0.2, 0) is 4.79 Å². The Morgan fingerprint density at radius 2 is 2.47 bits per heavy atom. The molecule has 0 aliphatic carbocycles. The van der Waals surface area contributed by atoms with Crippen LogP contribution in [0.5, 0.6) is 0 Å². The molecule has 94 valence electrons. The van der Waals surface area contributed by atoms with Crippen molar-refractivity contribution >= 4 is 17.2 Å². The third-order valence-electron chi connectivity index (χ3n) is 3.22. The predicted molar refractivity (Wildman–Crippen MR) is 69.1 cm³/mol. The van der Waals surface area contributed by atoms with Crippen LogP contribution in [0.25, 0.3) is 0 Å². The maximum Gasteiger partial charge on any atom is 0.240 e. The highest BCUT2D eigenvalue weighted by molar-refractivity contribution is 7.09. The van der Waals surface area contributed by atoms with E-state index < -0.39 is 5.54 Å². The van der Waals surface area contributed by atoms with Crippen molar-refractivity contribution in [2.45, 2.75) is 45.2 Å². The standard InChI is InChI=1S/C12H19N3OS/c1-8-7-17-10(14-8)9(2)15-11(16)12(3)5-4-6-13-12/h7,9,13H,4-6H2,1-3H3,(H,15,16). The number of aromatic nitrogens is 1. The van der Waals surface area contributed by atoms with E-state index in [2.05, 4.69) is 15.6 Å². The maximum atomic E-state index is 12.2. The molecule has 2 unspecified atom stereocenters. The molecule has 4 nitrogen and oxygen atoms in total. The molecular weight excluding hydrogens is 234 g/mol. The van der Waals surface area contributed by atoms with Crippen molar-refractivity contribution in [1.29, 1.82) is 0 Å². The van der Waals surface area contributed by atoms with Crippen molar-refractivity contribution < 1.29 is 4.79 Å². The number of hydrogen-bond donors (Lipinski definition) is 2. The fraction of sp³-hybridized carbons (Fsp3) is 0.667. The number of hydrogen-bond acceptors (Lipinski definition) is 4. The van der Waals surface area contributed by atoms with E-state index in [1.807, 2.05) is 26.2 Å². The van der Waals surface area contributed by atoms with E-state index in [1.54, 1.807) is 11.3 Å². The highest BCUT2D eigenvalue weighted by Gasteiger charge is 2.36. The molecule has 2 atom stereocenters. The van der Waals surface area contributed by atoms with Gasteiger partial charge in [-0.1, -0.05) is 0 Å². The molecule has 0 radical (unpaired) electrons. The van der Waals surface area contributed by atoms with Crippen LogP contribution in [0.3, 0.4) is 0 Å². The molecule has 1 saturated heterocycles. The van der Waals surface area contributed by atoms with Gasteiger partial charge in [0.1, 0.15) is 5.01 Å². The highest BCUT2D eigenvalue weighted by atomic mass is 32.1. The Morgan fingerprint density at radius 1 is 1.71 bits per heavy atom. The van der Waals surface area contributed by atoms with E-state index in [4.69, 9.17) is 0 Å². The van der Waals surface area contributed by atoms with Crippen LogP contribution in [-0.4, -0.2) is 23.0 Å². The molecule has 17 heavy (non-hydrogen) atoms. The van der Waals surface area contributed by atoms with Gasteiger partial charge in [-0.05, 0) is 40.2 Å². The van der Waals surface area contributed by atoms with Gasteiger partial charge in [0.2, 0.25) is 5.91 Å². The molecule has 5 heteroatoms. The minimum atomic E-state index is -0.402. The molecule has 1 aliphatic rings. The normalized spacial score (nSPS) is 25.8. The minimum Gasteiger partial charge on any atom is -0.346 e. The predicted octanol–water partition coefficient (Wildman–Crippen LogP) is 1.77. The van der Waals surface area contributed by atoms with Crippen LogP contribution < -0.4 is 10.6 Å². The summed E-state index contributed by atoms with van der Waals surface area (Å²) in [6.07, 6.45) is 1.97. The lowest BCUT2D eigenvalue weighted by Crippen LogP contribution is -2.51. The summed E-state index contributed by atoms with van der Waals surface area (Å²) in [7, 11) is 0. The van der Waals surface area contributed by atoms with Crippen molar-refractivity contribution in [2.24, 2.45) is 0 Å². The molecule has 1 aliphatic heterocycles. The molecule has 1 aromatic rings. The quantitative estimate of drug-likeness (QED) is 0.863. The van der Waals surface area contributed by atoms with Gasteiger partial charge in [-0.3, -0.25) is 4.79 Å². The number of thiazole rings is 1. The van der Waals surface area contributed by atoms with E-state index >= 15 is 0 Å². The Hall–Kier alpha value is -0.940. The second kappa shape index (κ2) is 4.74. The fourth-order valence-corrected chi connectivity index (χ4v) is 2.88. The summed E-state index contributed by atoms with van der Waals surface area (Å²) in [4.78, 5) is 16.6. The van der Waals surface area contributed by atoms with Crippen LogP contribution >= 0.6 is 11.3 Å². The van der Waals surface area contributed by atoms with Crippen LogP contribution in [0.15, 0.2) is 5.38 Å². The summed E-state index contributed by atoms with van der Waals surface area (Å²) >= 11 is 1.59. The molecule has 1 fully saturated rings. The first kappa shape index (κ1) is 12.5. The third kappa shape index (κ3) is 2.66. The Balaban J connectivity index is 1.99. The molecule has 1 amide bonds. The Labute approximate surface area is 106 Å². The fourth-order valence-electron chi connectivity index (χ4n) is 2.08. The molecular formula is C12H19N3OS. The molecule has 1 aromatic heterocycles. The Bertz CT molecular complexity index is 410. The summed E-state index contributed by atoms with van der Waals surface area (Å²) in [6.45, 7) is 6.84. The minimum absolute atomic E-state index is 0.0135. The van der Waals surface area contributed by atoms with Crippen LogP contribution in [0.4, 0.5) is 0 Å². The van der Waals surface area contributed by atoms with E-state index in [0.717, 1.165) is 30.1 Å². The van der Waals surface area contributed by atoms with E-state index in [0.29, 0.717) is 0 Å². The first-order valence-corrected chi connectivity index (χ1v) is 6.87. The summed E-state index contributed by atoms with van der Waals surface area (Å²) in [6, 6.07) is -0.0135. The second-order valence-electron chi connectivity index (χ2n) is 4.88. The number of carbonyl (C=O) groups excluding carboxylic acids is 1. The Morgan fingerprint density at radius 3 is 3.00 bits per heavy atom. The highest BCUT2D eigenvalue weighted by Crippen LogP contribution is 2.22. The van der Waals surface area contributed by atoms with Crippen molar-refractivity contribution in [1.82, 2.24) is 15.6 Å².